The Kier molecular flexibility index (Phi) is 7.18. The van der Waals surface area contributed by atoms with Crippen molar-refractivity contribution >= 4 is 65.6 Å². The summed E-state index contributed by atoms with van der Waals surface area (Å²) in [5, 5.41) is 18.4. The predicted molar refractivity (Wildman–Crippen MR) is 135 cm³/mol. The molecule has 0 aliphatic heterocycles. The number of nitrogens with zero attached hydrogens (tertiary/aromatic N) is 6. The zero-order chi connectivity index (χ0) is 27.8. The number of aromatic hydroxyl groups is 1. The average molecular weight is 581 g/mol. The molecule has 0 spiro atoms. The van der Waals surface area contributed by atoms with Gasteiger partial charge in [-0.1, -0.05) is 12.1 Å². The maximum Gasteiger partial charge on any atom is 0.322 e. The summed E-state index contributed by atoms with van der Waals surface area (Å²) in [5.74, 6) is -0.564. The molecule has 4 aromatic rings. The lowest BCUT2D eigenvalue weighted by atomic mass is 10.1. The summed E-state index contributed by atoms with van der Waals surface area (Å²) in [6.45, 7) is 0. The van der Waals surface area contributed by atoms with Gasteiger partial charge in [0.25, 0.3) is 20.2 Å². The zero-order valence-corrected chi connectivity index (χ0v) is 21.8. The lowest BCUT2D eigenvalue weighted by molar-refractivity contribution is 0.378. The summed E-state index contributed by atoms with van der Waals surface area (Å²) in [4.78, 5) is 12.0. The predicted octanol–water partition coefficient (Wildman–Crippen LogP) is 4.07. The standard InChI is InChI=1S/C21H17ClN6O8S2/c1-28(20-23-19(22)24-21(25-20)36-2)12-7-8-13-11(9-12)10-16(38(33,34)35)17(18(13)29)27-26-14-5-3-4-6-15(14)37(30,31)32/h3-10,29H,1-2H3,(H,30,31,32)(H,33,34,35). The maximum atomic E-state index is 12.2. The third-order valence-corrected chi connectivity index (χ3v) is 7.10. The van der Waals surface area contributed by atoms with Crippen molar-refractivity contribution in [2.45, 2.75) is 9.79 Å². The van der Waals surface area contributed by atoms with Crippen LogP contribution < -0.4 is 9.64 Å². The first-order chi connectivity index (χ1) is 17.8. The van der Waals surface area contributed by atoms with E-state index in [1.54, 1.807) is 13.1 Å². The van der Waals surface area contributed by atoms with Gasteiger partial charge in [0.15, 0.2) is 5.75 Å². The number of ether oxygens (including phenoxy) is 1. The van der Waals surface area contributed by atoms with Crippen LogP contribution in [0.4, 0.5) is 23.0 Å². The lowest BCUT2D eigenvalue weighted by Gasteiger charge is -2.18. The second kappa shape index (κ2) is 10.1. The minimum absolute atomic E-state index is 0.0375. The molecule has 4 rings (SSSR count). The molecular weight excluding hydrogens is 564 g/mol. The van der Waals surface area contributed by atoms with Crippen molar-refractivity contribution in [2.75, 3.05) is 19.1 Å². The number of benzene rings is 3. The third-order valence-electron chi connectivity index (χ3n) is 5.16. The van der Waals surface area contributed by atoms with E-state index in [1.807, 2.05) is 0 Å². The minimum Gasteiger partial charge on any atom is -0.505 e. The molecule has 1 heterocycles. The van der Waals surface area contributed by atoms with E-state index in [9.17, 15) is 31.0 Å². The quantitative estimate of drug-likeness (QED) is 0.209. The summed E-state index contributed by atoms with van der Waals surface area (Å²) in [7, 11) is -6.70. The van der Waals surface area contributed by atoms with Gasteiger partial charge in [-0.2, -0.15) is 31.8 Å². The van der Waals surface area contributed by atoms with Crippen molar-refractivity contribution < 1.29 is 35.8 Å². The molecule has 17 heteroatoms. The molecule has 0 bridgehead atoms. The van der Waals surface area contributed by atoms with Gasteiger partial charge in [-0.3, -0.25) is 9.11 Å². The van der Waals surface area contributed by atoms with Crippen LogP contribution in [0.2, 0.25) is 5.28 Å². The van der Waals surface area contributed by atoms with E-state index in [2.05, 4.69) is 25.2 Å². The highest BCUT2D eigenvalue weighted by Gasteiger charge is 2.23. The number of hydrogen-bond donors (Lipinski definition) is 3. The summed E-state index contributed by atoms with van der Waals surface area (Å²) in [6.07, 6.45) is 0. The molecule has 0 amide bonds. The number of halogens is 1. The SMILES string of the molecule is COc1nc(Cl)nc(N(C)c2ccc3c(O)c(N=Nc4ccccc4S(=O)(=O)O)c(S(=O)(=O)O)cc3c2)n1. The van der Waals surface area contributed by atoms with Crippen LogP contribution in [0.1, 0.15) is 0 Å². The Morgan fingerprint density at radius 2 is 1.61 bits per heavy atom. The van der Waals surface area contributed by atoms with Gasteiger partial charge in [0.1, 0.15) is 21.2 Å². The Morgan fingerprint density at radius 3 is 2.26 bits per heavy atom. The van der Waals surface area contributed by atoms with Crippen molar-refractivity contribution in [1.82, 2.24) is 15.0 Å². The summed E-state index contributed by atoms with van der Waals surface area (Å²) in [5.41, 5.74) is -0.557. The molecule has 0 saturated carbocycles. The molecule has 198 valence electrons. The normalized spacial score (nSPS) is 12.2. The number of methoxy groups -OCH3 is 1. The van der Waals surface area contributed by atoms with Gasteiger partial charge in [0.2, 0.25) is 11.2 Å². The molecule has 14 nitrogen and oxygen atoms in total. The second-order valence-corrected chi connectivity index (χ2v) is 10.7. The van der Waals surface area contributed by atoms with Crippen molar-refractivity contribution in [1.29, 1.82) is 0 Å². The van der Waals surface area contributed by atoms with Gasteiger partial charge < -0.3 is 14.7 Å². The van der Waals surface area contributed by atoms with E-state index >= 15 is 0 Å². The molecule has 0 aliphatic rings. The molecule has 1 aromatic heterocycles. The number of phenols is 1. The van der Waals surface area contributed by atoms with Crippen LogP contribution in [-0.4, -0.2) is 60.2 Å². The van der Waals surface area contributed by atoms with Gasteiger partial charge in [-0.15, -0.1) is 10.2 Å². The molecule has 3 aromatic carbocycles. The Morgan fingerprint density at radius 1 is 0.921 bits per heavy atom. The second-order valence-electron chi connectivity index (χ2n) is 7.55. The number of anilines is 2. The molecule has 0 fully saturated rings. The van der Waals surface area contributed by atoms with Crippen molar-refractivity contribution in [3.63, 3.8) is 0 Å². The van der Waals surface area contributed by atoms with Gasteiger partial charge in [-0.05, 0) is 53.4 Å². The highest BCUT2D eigenvalue weighted by Crippen LogP contribution is 2.43. The minimum atomic E-state index is -4.95. The van der Waals surface area contributed by atoms with Gasteiger partial charge in [-0.25, -0.2) is 0 Å². The van der Waals surface area contributed by atoms with E-state index in [4.69, 9.17) is 16.3 Å². The lowest BCUT2D eigenvalue weighted by Crippen LogP contribution is -2.14. The third kappa shape index (κ3) is 5.48. The highest BCUT2D eigenvalue weighted by molar-refractivity contribution is 7.86. The van der Waals surface area contributed by atoms with Gasteiger partial charge in [0.05, 0.1) is 7.11 Å². The van der Waals surface area contributed by atoms with Crippen LogP contribution in [-0.2, 0) is 20.2 Å². The summed E-state index contributed by atoms with van der Waals surface area (Å²) < 4.78 is 71.8. The Labute approximate surface area is 220 Å². The first kappa shape index (κ1) is 27.1. The molecular formula is C21H17ClN6O8S2. The molecule has 3 N–H and O–H groups in total. The fraction of sp³-hybridized carbons (Fsp3) is 0.0952. The van der Waals surface area contributed by atoms with E-state index in [-0.39, 0.29) is 33.7 Å². The first-order valence-corrected chi connectivity index (χ1v) is 13.5. The van der Waals surface area contributed by atoms with Gasteiger partial charge >= 0.3 is 6.01 Å². The molecule has 0 unspecified atom stereocenters. The molecule has 0 aliphatic carbocycles. The summed E-state index contributed by atoms with van der Waals surface area (Å²) >= 11 is 5.91. The molecule has 0 saturated heterocycles. The van der Waals surface area contributed by atoms with E-state index in [0.717, 1.165) is 12.1 Å². The Bertz CT molecular complexity index is 1820. The fourth-order valence-corrected chi connectivity index (χ4v) is 4.81. The Hall–Kier alpha value is -3.96. The van der Waals surface area contributed by atoms with Crippen molar-refractivity contribution in [3.8, 4) is 11.8 Å². The highest BCUT2D eigenvalue weighted by atomic mass is 35.5. The number of fused-ring (bicyclic) bond motifs is 1. The van der Waals surface area contributed by atoms with Crippen molar-refractivity contribution in [3.05, 3.63) is 53.8 Å². The van der Waals surface area contributed by atoms with Crippen LogP contribution in [0.15, 0.2) is 68.6 Å². The monoisotopic (exact) mass is 580 g/mol. The zero-order valence-electron chi connectivity index (χ0n) is 19.4. The fourth-order valence-electron chi connectivity index (χ4n) is 3.38. The Balaban J connectivity index is 1.86. The topological polar surface area (TPSA) is 205 Å². The summed E-state index contributed by atoms with van der Waals surface area (Å²) in [6, 6.07) is 10.5. The average Bonchev–Trinajstić information content (AvgIpc) is 2.86. The number of hydrogen-bond acceptors (Lipinski definition) is 12. The van der Waals surface area contributed by atoms with Crippen LogP contribution in [0.5, 0.6) is 11.8 Å². The van der Waals surface area contributed by atoms with E-state index in [1.165, 1.54) is 42.3 Å². The molecule has 0 atom stereocenters. The number of phenolic OH excluding ortho intramolecular Hbond substituents is 1. The van der Waals surface area contributed by atoms with Crippen LogP contribution in [0, 0.1) is 0 Å². The molecule has 0 radical (unpaired) electrons. The van der Waals surface area contributed by atoms with E-state index < -0.39 is 41.5 Å². The van der Waals surface area contributed by atoms with Crippen LogP contribution in [0.25, 0.3) is 10.8 Å². The maximum absolute atomic E-state index is 12.2. The van der Waals surface area contributed by atoms with Gasteiger partial charge in [0, 0.05) is 18.1 Å². The largest absolute Gasteiger partial charge is 0.505 e. The molecule has 38 heavy (non-hydrogen) atoms. The first-order valence-electron chi connectivity index (χ1n) is 10.2. The van der Waals surface area contributed by atoms with Crippen LogP contribution in [0.3, 0.4) is 0 Å². The van der Waals surface area contributed by atoms with Crippen molar-refractivity contribution in [2.24, 2.45) is 10.2 Å². The number of azo groups is 1. The van der Waals surface area contributed by atoms with E-state index in [0.29, 0.717) is 5.69 Å². The smallest absolute Gasteiger partial charge is 0.322 e. The van der Waals surface area contributed by atoms with Crippen LogP contribution >= 0.6 is 11.6 Å². The number of rotatable bonds is 7. The number of aromatic nitrogens is 3.